The maximum absolute atomic E-state index is 11.9. The monoisotopic (exact) mass is 300 g/mol. The molecule has 0 spiro atoms. The van der Waals surface area contributed by atoms with Crippen LogP contribution in [0.4, 0.5) is 0 Å². The smallest absolute Gasteiger partial charge is 0.217 e. The van der Waals surface area contributed by atoms with Crippen molar-refractivity contribution in [3.63, 3.8) is 0 Å². The summed E-state index contributed by atoms with van der Waals surface area (Å²) in [6, 6.07) is 17.4. The molecule has 4 heteroatoms. The van der Waals surface area contributed by atoms with Gasteiger partial charge in [-0.05, 0) is 23.3 Å². The summed E-state index contributed by atoms with van der Waals surface area (Å²) in [5.74, 6) is 0.665. The lowest BCUT2D eigenvalue weighted by molar-refractivity contribution is -0.155. The maximum atomic E-state index is 11.9. The van der Waals surface area contributed by atoms with E-state index >= 15 is 0 Å². The van der Waals surface area contributed by atoms with Crippen molar-refractivity contribution in [3.05, 3.63) is 65.7 Å². The summed E-state index contributed by atoms with van der Waals surface area (Å²) in [5.41, 5.74) is 2.01. The van der Waals surface area contributed by atoms with E-state index in [1.54, 1.807) is 0 Å². The second-order valence-corrected chi connectivity index (χ2v) is 4.86. The van der Waals surface area contributed by atoms with Crippen molar-refractivity contribution < 1.29 is 19.0 Å². The van der Waals surface area contributed by atoms with E-state index in [-0.39, 0.29) is 12.2 Å². The maximum Gasteiger partial charge on any atom is 0.217 e. The van der Waals surface area contributed by atoms with Gasteiger partial charge in [-0.25, -0.2) is 0 Å². The van der Waals surface area contributed by atoms with Gasteiger partial charge in [-0.15, -0.1) is 0 Å². The molecule has 0 saturated carbocycles. The van der Waals surface area contributed by atoms with Crippen LogP contribution in [0.3, 0.4) is 0 Å². The van der Waals surface area contributed by atoms with Crippen LogP contribution in [-0.2, 0) is 27.3 Å². The van der Waals surface area contributed by atoms with Crippen molar-refractivity contribution in [2.75, 3.05) is 14.2 Å². The van der Waals surface area contributed by atoms with Gasteiger partial charge in [0.2, 0.25) is 6.29 Å². The SMILES string of the molecule is COC(OC)C(=O)Cc1ccc(OCc2ccccc2)cc1. The predicted molar refractivity (Wildman–Crippen MR) is 83.7 cm³/mol. The fraction of sp³-hybridized carbons (Fsp3) is 0.278. The van der Waals surface area contributed by atoms with Crippen molar-refractivity contribution in [3.8, 4) is 5.75 Å². The first kappa shape index (κ1) is 16.2. The average molecular weight is 300 g/mol. The second-order valence-electron chi connectivity index (χ2n) is 4.86. The Labute approximate surface area is 130 Å². The van der Waals surface area contributed by atoms with Gasteiger partial charge in [0, 0.05) is 20.6 Å². The number of rotatable bonds is 8. The highest BCUT2D eigenvalue weighted by molar-refractivity contribution is 5.84. The summed E-state index contributed by atoms with van der Waals surface area (Å²) in [5, 5.41) is 0. The molecule has 0 fully saturated rings. The Morgan fingerprint density at radius 1 is 0.909 bits per heavy atom. The highest BCUT2D eigenvalue weighted by Crippen LogP contribution is 2.15. The van der Waals surface area contributed by atoms with Crippen LogP contribution in [0.15, 0.2) is 54.6 Å². The molecule has 0 bridgehead atoms. The molecule has 0 atom stereocenters. The number of ketones is 1. The van der Waals surface area contributed by atoms with Gasteiger partial charge in [0.25, 0.3) is 0 Å². The summed E-state index contributed by atoms with van der Waals surface area (Å²) >= 11 is 0. The molecule has 0 aliphatic rings. The van der Waals surface area contributed by atoms with Crippen LogP contribution in [0.25, 0.3) is 0 Å². The molecule has 0 N–H and O–H groups in total. The number of carbonyl (C=O) groups excluding carboxylic acids is 1. The summed E-state index contributed by atoms with van der Waals surface area (Å²) in [6.07, 6.45) is -0.542. The van der Waals surface area contributed by atoms with E-state index in [0.29, 0.717) is 6.61 Å². The zero-order chi connectivity index (χ0) is 15.8. The molecule has 0 aliphatic carbocycles. The molecule has 0 aromatic heterocycles. The third-order valence-electron chi connectivity index (χ3n) is 3.24. The Morgan fingerprint density at radius 3 is 2.14 bits per heavy atom. The van der Waals surface area contributed by atoms with E-state index in [1.807, 2.05) is 54.6 Å². The molecule has 2 aromatic rings. The number of hydrogen-bond donors (Lipinski definition) is 0. The minimum Gasteiger partial charge on any atom is -0.489 e. The second kappa shape index (κ2) is 8.32. The van der Waals surface area contributed by atoms with Gasteiger partial charge >= 0.3 is 0 Å². The van der Waals surface area contributed by atoms with Crippen LogP contribution in [0, 0.1) is 0 Å². The quantitative estimate of drug-likeness (QED) is 0.703. The minimum absolute atomic E-state index is 0.108. The Hall–Kier alpha value is -2.17. The molecule has 2 aromatic carbocycles. The lowest BCUT2D eigenvalue weighted by Gasteiger charge is -2.12. The Kier molecular flexibility index (Phi) is 6.13. The van der Waals surface area contributed by atoms with Crippen LogP contribution in [-0.4, -0.2) is 26.3 Å². The summed E-state index contributed by atoms with van der Waals surface area (Å²) in [6.45, 7) is 0.522. The van der Waals surface area contributed by atoms with E-state index in [0.717, 1.165) is 16.9 Å². The van der Waals surface area contributed by atoms with Crippen molar-refractivity contribution in [1.82, 2.24) is 0 Å². The molecule has 4 nitrogen and oxygen atoms in total. The van der Waals surface area contributed by atoms with E-state index in [2.05, 4.69) is 0 Å². The summed E-state index contributed by atoms with van der Waals surface area (Å²) in [4.78, 5) is 11.9. The van der Waals surface area contributed by atoms with Crippen LogP contribution in [0.1, 0.15) is 11.1 Å². The fourth-order valence-corrected chi connectivity index (χ4v) is 2.09. The number of methoxy groups -OCH3 is 2. The molecule has 0 heterocycles. The molecule has 22 heavy (non-hydrogen) atoms. The number of Topliss-reactive ketones (excluding diaryl/α,β-unsaturated/α-hetero) is 1. The van der Waals surface area contributed by atoms with E-state index in [9.17, 15) is 4.79 Å². The molecule has 0 aliphatic heterocycles. The van der Waals surface area contributed by atoms with Gasteiger partial charge in [0.05, 0.1) is 0 Å². The average Bonchev–Trinajstić information content (AvgIpc) is 2.56. The predicted octanol–water partition coefficient (Wildman–Crippen LogP) is 3.00. The molecule has 2 rings (SSSR count). The van der Waals surface area contributed by atoms with Crippen LogP contribution in [0.5, 0.6) is 5.75 Å². The molecule has 0 unspecified atom stereocenters. The van der Waals surface area contributed by atoms with E-state index in [1.165, 1.54) is 14.2 Å². The zero-order valence-electron chi connectivity index (χ0n) is 12.8. The minimum atomic E-state index is -0.811. The van der Waals surface area contributed by atoms with Gasteiger partial charge in [0.1, 0.15) is 12.4 Å². The highest BCUT2D eigenvalue weighted by Gasteiger charge is 2.16. The lowest BCUT2D eigenvalue weighted by atomic mass is 10.1. The molecule has 0 amide bonds. The normalized spacial score (nSPS) is 10.7. The van der Waals surface area contributed by atoms with Crippen LogP contribution in [0.2, 0.25) is 0 Å². The van der Waals surface area contributed by atoms with Gasteiger partial charge in [-0.2, -0.15) is 0 Å². The van der Waals surface area contributed by atoms with Gasteiger partial charge < -0.3 is 14.2 Å². The number of benzene rings is 2. The standard InChI is InChI=1S/C18H20O4/c1-20-18(21-2)17(19)12-14-8-10-16(11-9-14)22-13-15-6-4-3-5-7-15/h3-11,18H,12-13H2,1-2H3. The van der Waals surface area contributed by atoms with Crippen molar-refractivity contribution >= 4 is 5.78 Å². The van der Waals surface area contributed by atoms with Gasteiger partial charge in [-0.3, -0.25) is 4.79 Å². The van der Waals surface area contributed by atoms with Crippen molar-refractivity contribution in [2.45, 2.75) is 19.3 Å². The largest absolute Gasteiger partial charge is 0.489 e. The summed E-state index contributed by atoms with van der Waals surface area (Å²) in [7, 11) is 2.90. The van der Waals surface area contributed by atoms with E-state index < -0.39 is 6.29 Å². The number of ether oxygens (including phenoxy) is 3. The van der Waals surface area contributed by atoms with E-state index in [4.69, 9.17) is 14.2 Å². The molecule has 116 valence electrons. The van der Waals surface area contributed by atoms with Gasteiger partial charge in [0.15, 0.2) is 5.78 Å². The van der Waals surface area contributed by atoms with Crippen molar-refractivity contribution in [1.29, 1.82) is 0 Å². The Balaban J connectivity index is 1.89. The molecular weight excluding hydrogens is 280 g/mol. The highest BCUT2D eigenvalue weighted by atomic mass is 16.7. The molecule has 0 radical (unpaired) electrons. The lowest BCUT2D eigenvalue weighted by Crippen LogP contribution is -2.26. The van der Waals surface area contributed by atoms with Gasteiger partial charge in [-0.1, -0.05) is 42.5 Å². The molecule has 0 saturated heterocycles. The Bertz CT molecular complexity index is 574. The first-order valence-electron chi connectivity index (χ1n) is 7.07. The van der Waals surface area contributed by atoms with Crippen LogP contribution < -0.4 is 4.74 Å². The molecular formula is C18H20O4. The summed E-state index contributed by atoms with van der Waals surface area (Å²) < 4.78 is 15.6. The van der Waals surface area contributed by atoms with Crippen molar-refractivity contribution in [2.24, 2.45) is 0 Å². The third kappa shape index (κ3) is 4.69. The van der Waals surface area contributed by atoms with Crippen LogP contribution >= 0.6 is 0 Å². The first-order chi connectivity index (χ1) is 10.7. The number of carbonyl (C=O) groups is 1. The first-order valence-corrected chi connectivity index (χ1v) is 7.07. The topological polar surface area (TPSA) is 44.8 Å². The fourth-order valence-electron chi connectivity index (χ4n) is 2.09. The Morgan fingerprint density at radius 2 is 1.55 bits per heavy atom. The zero-order valence-corrected chi connectivity index (χ0v) is 12.8. The number of hydrogen-bond acceptors (Lipinski definition) is 4. The third-order valence-corrected chi connectivity index (χ3v) is 3.24.